The number of methoxy groups -OCH3 is 1. The van der Waals surface area contributed by atoms with Crippen molar-refractivity contribution in [2.24, 2.45) is 13.0 Å². The first kappa shape index (κ1) is 17.6. The van der Waals surface area contributed by atoms with Crippen molar-refractivity contribution < 1.29 is 13.9 Å². The lowest BCUT2D eigenvalue weighted by molar-refractivity contribution is 0.0600. The van der Waals surface area contributed by atoms with E-state index in [2.05, 4.69) is 19.2 Å². The monoisotopic (exact) mass is 345 g/mol. The van der Waals surface area contributed by atoms with Crippen molar-refractivity contribution in [1.29, 1.82) is 0 Å². The topological polar surface area (TPSA) is 47.4 Å². The highest BCUT2D eigenvalue weighted by Gasteiger charge is 2.22. The fourth-order valence-corrected chi connectivity index (χ4v) is 3.47. The lowest BCUT2D eigenvalue weighted by Gasteiger charge is -2.32. The highest BCUT2D eigenvalue weighted by Crippen LogP contribution is 2.23. The average Bonchev–Trinajstić information content (AvgIpc) is 3.01. The summed E-state index contributed by atoms with van der Waals surface area (Å²) in [5, 5.41) is 0. The second-order valence-electron chi connectivity index (χ2n) is 6.70. The minimum absolute atomic E-state index is 0.245. The molecule has 0 aliphatic carbocycles. The van der Waals surface area contributed by atoms with Gasteiger partial charge in [-0.15, -0.1) is 0 Å². The van der Waals surface area contributed by atoms with Gasteiger partial charge in [-0.25, -0.2) is 14.2 Å². The molecule has 5 nitrogen and oxygen atoms in total. The van der Waals surface area contributed by atoms with Gasteiger partial charge in [0.15, 0.2) is 0 Å². The van der Waals surface area contributed by atoms with Gasteiger partial charge in [0.25, 0.3) is 0 Å². The van der Waals surface area contributed by atoms with Crippen LogP contribution in [0.4, 0.5) is 4.39 Å². The maximum atomic E-state index is 14.3. The number of rotatable bonds is 5. The van der Waals surface area contributed by atoms with Crippen molar-refractivity contribution in [3.05, 3.63) is 53.4 Å². The fraction of sp³-hybridized carbons (Fsp3) is 0.474. The van der Waals surface area contributed by atoms with Crippen LogP contribution in [0.3, 0.4) is 0 Å². The summed E-state index contributed by atoms with van der Waals surface area (Å²) < 4.78 is 21.0. The van der Waals surface area contributed by atoms with Crippen LogP contribution in [0.25, 0.3) is 0 Å². The quantitative estimate of drug-likeness (QED) is 0.782. The lowest BCUT2D eigenvalue weighted by Crippen LogP contribution is -2.36. The maximum Gasteiger partial charge on any atom is 0.337 e. The van der Waals surface area contributed by atoms with Crippen LogP contribution in [0.1, 0.15) is 34.6 Å². The SMILES string of the molecule is COC(=O)c1ccc(CN2CCCC(Cc3nccn3C)C2)c(F)c1. The Morgan fingerprint density at radius 1 is 1.44 bits per heavy atom. The van der Waals surface area contributed by atoms with Crippen LogP contribution in [0.2, 0.25) is 0 Å². The summed E-state index contributed by atoms with van der Waals surface area (Å²) in [6.07, 6.45) is 7.02. The molecule has 1 aliphatic heterocycles. The van der Waals surface area contributed by atoms with Gasteiger partial charge < -0.3 is 9.30 Å². The lowest BCUT2D eigenvalue weighted by atomic mass is 9.94. The molecule has 1 unspecified atom stereocenters. The third-order valence-electron chi connectivity index (χ3n) is 4.86. The predicted molar refractivity (Wildman–Crippen MR) is 92.7 cm³/mol. The molecule has 0 radical (unpaired) electrons. The minimum Gasteiger partial charge on any atom is -0.465 e. The first-order chi connectivity index (χ1) is 12.1. The van der Waals surface area contributed by atoms with Crippen molar-refractivity contribution in [2.75, 3.05) is 20.2 Å². The van der Waals surface area contributed by atoms with E-state index in [1.54, 1.807) is 12.1 Å². The van der Waals surface area contributed by atoms with Gasteiger partial charge in [0.05, 0.1) is 12.7 Å². The standard InChI is InChI=1S/C19H24FN3O2/c1-22-9-7-21-18(22)10-14-4-3-8-23(12-14)13-16-6-5-15(11-17(16)20)19(24)25-2/h5-7,9,11,14H,3-4,8,10,12-13H2,1-2H3. The number of hydrogen-bond acceptors (Lipinski definition) is 4. The van der Waals surface area contributed by atoms with Crippen molar-refractivity contribution in [3.8, 4) is 0 Å². The first-order valence-electron chi connectivity index (χ1n) is 8.62. The number of hydrogen-bond donors (Lipinski definition) is 0. The molecule has 6 heteroatoms. The molecular weight excluding hydrogens is 321 g/mol. The molecule has 3 rings (SSSR count). The van der Waals surface area contributed by atoms with Gasteiger partial charge in [0.1, 0.15) is 11.6 Å². The van der Waals surface area contributed by atoms with Gasteiger partial charge in [-0.2, -0.15) is 0 Å². The molecule has 2 heterocycles. The summed E-state index contributed by atoms with van der Waals surface area (Å²) in [5.74, 6) is 0.764. The molecular formula is C19H24FN3O2. The number of halogens is 1. The zero-order valence-corrected chi connectivity index (χ0v) is 14.7. The molecule has 2 aromatic rings. The highest BCUT2D eigenvalue weighted by molar-refractivity contribution is 5.89. The van der Waals surface area contributed by atoms with Crippen molar-refractivity contribution in [2.45, 2.75) is 25.8 Å². The number of nitrogens with zero attached hydrogens (tertiary/aromatic N) is 3. The fourth-order valence-electron chi connectivity index (χ4n) is 3.47. The van der Waals surface area contributed by atoms with Crippen LogP contribution in [0, 0.1) is 11.7 Å². The van der Waals surface area contributed by atoms with E-state index in [9.17, 15) is 9.18 Å². The molecule has 1 atom stereocenters. The number of imidazole rings is 1. The van der Waals surface area contributed by atoms with Crippen LogP contribution >= 0.6 is 0 Å². The van der Waals surface area contributed by atoms with Gasteiger partial charge in [0, 0.05) is 44.5 Å². The molecule has 0 amide bonds. The normalized spacial score (nSPS) is 18.3. The van der Waals surface area contributed by atoms with Gasteiger partial charge in [-0.05, 0) is 37.4 Å². The largest absolute Gasteiger partial charge is 0.465 e. The van der Waals surface area contributed by atoms with E-state index in [0.29, 0.717) is 18.0 Å². The van der Waals surface area contributed by atoms with Crippen molar-refractivity contribution in [3.63, 3.8) is 0 Å². The number of carbonyl (C=O) groups is 1. The van der Waals surface area contributed by atoms with E-state index < -0.39 is 5.97 Å². The van der Waals surface area contributed by atoms with Gasteiger partial charge in [-0.1, -0.05) is 6.07 Å². The number of benzene rings is 1. The van der Waals surface area contributed by atoms with Gasteiger partial charge in [-0.3, -0.25) is 4.90 Å². The Morgan fingerprint density at radius 3 is 2.96 bits per heavy atom. The second-order valence-corrected chi connectivity index (χ2v) is 6.70. The highest BCUT2D eigenvalue weighted by atomic mass is 19.1. The predicted octanol–water partition coefficient (Wildman–Crippen LogP) is 2.80. The number of aromatic nitrogens is 2. The van der Waals surface area contributed by atoms with E-state index in [1.807, 2.05) is 19.4 Å². The first-order valence-corrected chi connectivity index (χ1v) is 8.62. The van der Waals surface area contributed by atoms with Gasteiger partial charge >= 0.3 is 5.97 Å². The number of piperidine rings is 1. The Hall–Kier alpha value is -2.21. The Morgan fingerprint density at radius 2 is 2.28 bits per heavy atom. The number of esters is 1. The van der Waals surface area contributed by atoms with Crippen molar-refractivity contribution >= 4 is 5.97 Å². The van der Waals surface area contributed by atoms with E-state index in [1.165, 1.54) is 19.6 Å². The van der Waals surface area contributed by atoms with Crippen LogP contribution < -0.4 is 0 Å². The zero-order chi connectivity index (χ0) is 17.8. The van der Waals surface area contributed by atoms with E-state index in [4.69, 9.17) is 0 Å². The molecule has 25 heavy (non-hydrogen) atoms. The molecule has 1 fully saturated rings. The summed E-state index contributed by atoms with van der Waals surface area (Å²) in [6.45, 7) is 2.46. The average molecular weight is 345 g/mol. The Kier molecular flexibility index (Phi) is 5.48. The van der Waals surface area contributed by atoms with Crippen molar-refractivity contribution in [1.82, 2.24) is 14.5 Å². The summed E-state index contributed by atoms with van der Waals surface area (Å²) in [4.78, 5) is 18.2. The van der Waals surface area contributed by atoms with Crippen LogP contribution in [-0.4, -0.2) is 40.6 Å². The number of likely N-dealkylation sites (tertiary alicyclic amines) is 1. The molecule has 1 aromatic carbocycles. The van der Waals surface area contributed by atoms with Crippen LogP contribution in [0.15, 0.2) is 30.6 Å². The summed E-state index contributed by atoms with van der Waals surface area (Å²) in [6, 6.07) is 4.57. The van der Waals surface area contributed by atoms with Gasteiger partial charge in [0.2, 0.25) is 0 Å². The Balaban J connectivity index is 1.62. The summed E-state index contributed by atoms with van der Waals surface area (Å²) in [7, 11) is 3.31. The maximum absolute atomic E-state index is 14.3. The zero-order valence-electron chi connectivity index (χ0n) is 14.7. The number of carbonyl (C=O) groups excluding carboxylic acids is 1. The molecule has 0 bridgehead atoms. The molecule has 0 spiro atoms. The Bertz CT molecular complexity index is 744. The molecule has 0 saturated carbocycles. The summed E-state index contributed by atoms with van der Waals surface area (Å²) >= 11 is 0. The van der Waals surface area contributed by atoms with Crippen LogP contribution in [-0.2, 0) is 24.8 Å². The van der Waals surface area contributed by atoms with Crippen LogP contribution in [0.5, 0.6) is 0 Å². The smallest absolute Gasteiger partial charge is 0.337 e. The molecule has 1 aromatic heterocycles. The molecule has 1 saturated heterocycles. The Labute approximate surface area is 147 Å². The van der Waals surface area contributed by atoms with E-state index in [-0.39, 0.29) is 11.4 Å². The van der Waals surface area contributed by atoms with E-state index >= 15 is 0 Å². The number of aryl methyl sites for hydroxylation is 1. The second kappa shape index (κ2) is 7.78. The summed E-state index contributed by atoms with van der Waals surface area (Å²) in [5.41, 5.74) is 0.861. The van der Waals surface area contributed by atoms with E-state index in [0.717, 1.165) is 31.8 Å². The molecule has 134 valence electrons. The molecule has 1 aliphatic rings. The minimum atomic E-state index is -0.515. The molecule has 0 N–H and O–H groups in total. The third-order valence-corrected chi connectivity index (χ3v) is 4.86. The third kappa shape index (κ3) is 4.25. The number of ether oxygens (including phenoxy) is 1.